The molecule has 1 amide bonds. The summed E-state index contributed by atoms with van der Waals surface area (Å²) in [6.07, 6.45) is 0. The van der Waals surface area contributed by atoms with Crippen molar-refractivity contribution in [2.24, 2.45) is 0 Å². The second-order valence-electron chi connectivity index (χ2n) is 6.95. The number of halogens is 1. The molecular formula is C24H15ClN2O3S. The van der Waals surface area contributed by atoms with Crippen LogP contribution in [0.25, 0.3) is 21.2 Å². The Bertz CT molecular complexity index is 1480. The van der Waals surface area contributed by atoms with Crippen molar-refractivity contribution < 1.29 is 9.21 Å². The lowest BCUT2D eigenvalue weighted by atomic mass is 10.1. The smallest absolute Gasteiger partial charge is 0.349 e. The number of thiazole rings is 1. The second-order valence-corrected chi connectivity index (χ2v) is 8.36. The highest BCUT2D eigenvalue weighted by atomic mass is 35.5. The van der Waals surface area contributed by atoms with Gasteiger partial charge in [0, 0.05) is 5.39 Å². The van der Waals surface area contributed by atoms with Crippen LogP contribution in [-0.4, -0.2) is 10.9 Å². The van der Waals surface area contributed by atoms with Gasteiger partial charge in [-0.2, -0.15) is 0 Å². The summed E-state index contributed by atoms with van der Waals surface area (Å²) < 4.78 is 6.25. The van der Waals surface area contributed by atoms with Crippen LogP contribution in [-0.2, 0) is 6.54 Å². The molecule has 0 spiro atoms. The summed E-state index contributed by atoms with van der Waals surface area (Å²) in [5.41, 5.74) is 1.25. The fourth-order valence-electron chi connectivity index (χ4n) is 3.37. The molecule has 3 aromatic carbocycles. The maximum atomic E-state index is 13.6. The molecule has 0 saturated heterocycles. The third kappa shape index (κ3) is 3.71. The lowest BCUT2D eigenvalue weighted by Gasteiger charge is -2.19. The minimum Gasteiger partial charge on any atom is -0.422 e. The molecular weight excluding hydrogens is 432 g/mol. The van der Waals surface area contributed by atoms with E-state index in [4.69, 9.17) is 16.0 Å². The molecule has 0 saturated carbocycles. The van der Waals surface area contributed by atoms with Crippen molar-refractivity contribution in [1.82, 2.24) is 4.98 Å². The van der Waals surface area contributed by atoms with Crippen molar-refractivity contribution in [3.8, 4) is 0 Å². The number of para-hydroxylation sites is 2. The fourth-order valence-corrected chi connectivity index (χ4v) is 4.63. The lowest BCUT2D eigenvalue weighted by molar-refractivity contribution is 0.0981. The van der Waals surface area contributed by atoms with Crippen molar-refractivity contribution in [3.05, 3.63) is 105 Å². The van der Waals surface area contributed by atoms with E-state index in [9.17, 15) is 9.59 Å². The van der Waals surface area contributed by atoms with E-state index in [0.717, 1.165) is 10.3 Å². The molecule has 0 atom stereocenters. The molecule has 0 bridgehead atoms. The Labute approximate surface area is 186 Å². The average Bonchev–Trinajstić information content (AvgIpc) is 3.23. The maximum Gasteiger partial charge on any atom is 0.349 e. The van der Waals surface area contributed by atoms with Gasteiger partial charge in [-0.05, 0) is 29.8 Å². The first-order chi connectivity index (χ1) is 15.1. The van der Waals surface area contributed by atoms with Crippen LogP contribution in [0.5, 0.6) is 0 Å². The Morgan fingerprint density at radius 2 is 1.77 bits per heavy atom. The number of carbonyl (C=O) groups is 1. The molecule has 5 nitrogen and oxygen atoms in total. The van der Waals surface area contributed by atoms with Crippen LogP contribution in [0, 0.1) is 0 Å². The monoisotopic (exact) mass is 446 g/mol. The van der Waals surface area contributed by atoms with Crippen LogP contribution in [0.1, 0.15) is 15.9 Å². The van der Waals surface area contributed by atoms with Crippen molar-refractivity contribution in [2.75, 3.05) is 4.90 Å². The van der Waals surface area contributed by atoms with Gasteiger partial charge in [-0.25, -0.2) is 9.78 Å². The first kappa shape index (κ1) is 19.5. The highest BCUT2D eigenvalue weighted by Crippen LogP contribution is 2.34. The molecule has 0 N–H and O–H groups in total. The molecule has 2 aromatic heterocycles. The van der Waals surface area contributed by atoms with Crippen LogP contribution < -0.4 is 10.5 Å². The van der Waals surface area contributed by atoms with E-state index in [1.54, 1.807) is 30.3 Å². The van der Waals surface area contributed by atoms with E-state index in [1.807, 2.05) is 48.5 Å². The first-order valence-electron chi connectivity index (χ1n) is 9.54. The van der Waals surface area contributed by atoms with Gasteiger partial charge in [-0.15, -0.1) is 0 Å². The van der Waals surface area contributed by atoms with E-state index in [0.29, 0.717) is 26.6 Å². The minimum absolute atomic E-state index is 0.0417. The van der Waals surface area contributed by atoms with Crippen molar-refractivity contribution in [2.45, 2.75) is 6.54 Å². The standard InChI is InChI=1S/C24H15ClN2O3S/c25-18-10-6-12-20-21(18)26-24(31-20)27(14-15-7-2-1-3-8-15)22(28)17-13-16-9-4-5-11-19(16)30-23(17)29/h1-13H,14H2. The van der Waals surface area contributed by atoms with E-state index in [2.05, 4.69) is 4.98 Å². The minimum atomic E-state index is -0.680. The zero-order valence-corrected chi connectivity index (χ0v) is 17.7. The van der Waals surface area contributed by atoms with Gasteiger partial charge in [-0.1, -0.05) is 77.5 Å². The van der Waals surface area contributed by atoms with Crippen LogP contribution >= 0.6 is 22.9 Å². The molecule has 2 heterocycles. The summed E-state index contributed by atoms with van der Waals surface area (Å²) in [6, 6.07) is 23.7. The predicted octanol–water partition coefficient (Wildman–Crippen LogP) is 5.90. The Hall–Kier alpha value is -3.48. The number of anilines is 1. The number of hydrogen-bond acceptors (Lipinski definition) is 5. The SMILES string of the molecule is O=C(c1cc2ccccc2oc1=O)N(Cc1ccccc1)c1nc2c(Cl)cccc2s1. The number of aromatic nitrogens is 1. The second kappa shape index (κ2) is 7.98. The van der Waals surface area contributed by atoms with Crippen molar-refractivity contribution >= 4 is 55.2 Å². The number of fused-ring (bicyclic) bond motifs is 2. The van der Waals surface area contributed by atoms with Gasteiger partial charge in [0.2, 0.25) is 0 Å². The Balaban J connectivity index is 1.64. The zero-order valence-electron chi connectivity index (χ0n) is 16.1. The van der Waals surface area contributed by atoms with Gasteiger partial charge in [0.05, 0.1) is 16.3 Å². The van der Waals surface area contributed by atoms with E-state index in [1.165, 1.54) is 16.2 Å². The molecule has 0 aliphatic heterocycles. The number of benzene rings is 3. The molecule has 7 heteroatoms. The number of hydrogen-bond donors (Lipinski definition) is 0. The first-order valence-corrected chi connectivity index (χ1v) is 10.7. The summed E-state index contributed by atoms with van der Waals surface area (Å²) in [4.78, 5) is 32.3. The highest BCUT2D eigenvalue weighted by Gasteiger charge is 2.25. The van der Waals surface area contributed by atoms with Crippen molar-refractivity contribution in [1.29, 1.82) is 0 Å². The molecule has 31 heavy (non-hydrogen) atoms. The van der Waals surface area contributed by atoms with E-state index >= 15 is 0 Å². The van der Waals surface area contributed by atoms with Gasteiger partial charge in [0.1, 0.15) is 16.7 Å². The summed E-state index contributed by atoms with van der Waals surface area (Å²) in [6.45, 7) is 0.253. The van der Waals surface area contributed by atoms with Crippen LogP contribution in [0.3, 0.4) is 0 Å². The largest absolute Gasteiger partial charge is 0.422 e. The van der Waals surface area contributed by atoms with E-state index in [-0.39, 0.29) is 12.1 Å². The van der Waals surface area contributed by atoms with Gasteiger partial charge in [0.15, 0.2) is 5.13 Å². The topological polar surface area (TPSA) is 63.4 Å². The summed E-state index contributed by atoms with van der Waals surface area (Å²) in [5.74, 6) is -0.474. The molecule has 152 valence electrons. The van der Waals surface area contributed by atoms with Crippen LogP contribution in [0.15, 0.2) is 88.1 Å². The molecule has 0 unspecified atom stereocenters. The fraction of sp³-hybridized carbons (Fsp3) is 0.0417. The van der Waals surface area contributed by atoms with Crippen LogP contribution in [0.2, 0.25) is 5.02 Å². The summed E-state index contributed by atoms with van der Waals surface area (Å²) in [7, 11) is 0. The number of nitrogens with zero attached hydrogens (tertiary/aromatic N) is 2. The molecule has 0 aliphatic carbocycles. The normalized spacial score (nSPS) is 11.1. The van der Waals surface area contributed by atoms with Gasteiger partial charge in [-0.3, -0.25) is 9.69 Å². The summed E-state index contributed by atoms with van der Waals surface area (Å²) in [5, 5.41) is 1.65. The molecule has 0 aliphatic rings. The molecule has 5 aromatic rings. The highest BCUT2D eigenvalue weighted by molar-refractivity contribution is 7.22. The summed E-state index contributed by atoms with van der Waals surface area (Å²) >= 11 is 7.65. The molecule has 0 radical (unpaired) electrons. The number of amides is 1. The van der Waals surface area contributed by atoms with Gasteiger partial charge >= 0.3 is 5.63 Å². The maximum absolute atomic E-state index is 13.6. The Morgan fingerprint density at radius 3 is 2.58 bits per heavy atom. The van der Waals surface area contributed by atoms with Gasteiger partial charge < -0.3 is 4.42 Å². The van der Waals surface area contributed by atoms with Crippen molar-refractivity contribution in [3.63, 3.8) is 0 Å². The lowest BCUT2D eigenvalue weighted by Crippen LogP contribution is -2.33. The average molecular weight is 447 g/mol. The van der Waals surface area contributed by atoms with E-state index < -0.39 is 11.5 Å². The number of carbonyl (C=O) groups excluding carboxylic acids is 1. The third-order valence-electron chi connectivity index (χ3n) is 4.89. The molecule has 0 fully saturated rings. The van der Waals surface area contributed by atoms with Crippen LogP contribution in [0.4, 0.5) is 5.13 Å². The molecule has 5 rings (SSSR count). The van der Waals surface area contributed by atoms with Gasteiger partial charge in [0.25, 0.3) is 5.91 Å². The zero-order chi connectivity index (χ0) is 21.4. The third-order valence-corrected chi connectivity index (χ3v) is 6.24. The Kier molecular flexibility index (Phi) is 5.02. The Morgan fingerprint density at radius 1 is 1.00 bits per heavy atom. The predicted molar refractivity (Wildman–Crippen MR) is 124 cm³/mol. The number of rotatable bonds is 4. The quantitative estimate of drug-likeness (QED) is 0.322.